The molecule has 0 radical (unpaired) electrons. The lowest BCUT2D eigenvalue weighted by Gasteiger charge is -2.11. The summed E-state index contributed by atoms with van der Waals surface area (Å²) in [5.41, 5.74) is 1.12. The lowest BCUT2D eigenvalue weighted by molar-refractivity contribution is 0.969. The Balaban J connectivity index is 2.53. The molecule has 0 saturated heterocycles. The molecular weight excluding hydrogens is 160 g/mol. The van der Waals surface area contributed by atoms with Crippen molar-refractivity contribution in [2.24, 2.45) is 5.10 Å². The first-order valence-electron chi connectivity index (χ1n) is 4.66. The van der Waals surface area contributed by atoms with Gasteiger partial charge in [0.05, 0.1) is 5.69 Å². The predicted molar refractivity (Wildman–Crippen MR) is 58.2 cm³/mol. The fourth-order valence-electron chi connectivity index (χ4n) is 1.02. The molecule has 0 bridgehead atoms. The molecule has 0 heterocycles. The molecular formula is C11H16N2. The van der Waals surface area contributed by atoms with Crippen LogP contribution in [0.2, 0.25) is 0 Å². The summed E-state index contributed by atoms with van der Waals surface area (Å²) in [6.07, 6.45) is 4.14. The van der Waals surface area contributed by atoms with Crippen molar-refractivity contribution in [3.8, 4) is 0 Å². The molecule has 0 amide bonds. The average molecular weight is 176 g/mol. The molecule has 0 fully saturated rings. The molecule has 0 aliphatic carbocycles. The summed E-state index contributed by atoms with van der Waals surface area (Å²) in [6.45, 7) is 2.15. The van der Waals surface area contributed by atoms with Gasteiger partial charge in [0, 0.05) is 13.3 Å². The predicted octanol–water partition coefficient (Wildman–Crippen LogP) is 2.91. The number of para-hydroxylation sites is 1. The molecule has 70 valence electrons. The monoisotopic (exact) mass is 176 g/mol. The summed E-state index contributed by atoms with van der Waals surface area (Å²) in [7, 11) is 1.96. The number of nitrogens with zero attached hydrogens (tertiary/aromatic N) is 2. The highest BCUT2D eigenvalue weighted by Gasteiger charge is 1.93. The molecule has 0 unspecified atom stereocenters. The van der Waals surface area contributed by atoms with Crippen LogP contribution in [-0.2, 0) is 0 Å². The minimum Gasteiger partial charge on any atom is -0.269 e. The van der Waals surface area contributed by atoms with E-state index in [0.29, 0.717) is 0 Å². The summed E-state index contributed by atoms with van der Waals surface area (Å²) in [4.78, 5) is 0. The summed E-state index contributed by atoms with van der Waals surface area (Å²) < 4.78 is 0. The highest BCUT2D eigenvalue weighted by atomic mass is 15.4. The Morgan fingerprint density at radius 3 is 2.62 bits per heavy atom. The lowest BCUT2D eigenvalue weighted by Crippen LogP contribution is -2.08. The molecule has 0 aliphatic rings. The van der Waals surface area contributed by atoms with Crippen molar-refractivity contribution in [2.45, 2.75) is 19.8 Å². The van der Waals surface area contributed by atoms with Gasteiger partial charge in [-0.1, -0.05) is 31.5 Å². The van der Waals surface area contributed by atoms with Crippen molar-refractivity contribution in [3.63, 3.8) is 0 Å². The second-order valence-corrected chi connectivity index (χ2v) is 2.95. The number of hydrogen-bond acceptors (Lipinski definition) is 2. The molecule has 1 aromatic carbocycles. The number of anilines is 1. The van der Waals surface area contributed by atoms with Crippen molar-refractivity contribution >= 4 is 11.9 Å². The van der Waals surface area contributed by atoms with Gasteiger partial charge < -0.3 is 0 Å². The third-order valence-corrected chi connectivity index (χ3v) is 1.80. The van der Waals surface area contributed by atoms with E-state index < -0.39 is 0 Å². The molecule has 0 aliphatic heterocycles. The maximum Gasteiger partial charge on any atom is 0.0590 e. The van der Waals surface area contributed by atoms with E-state index in [1.807, 2.05) is 48.6 Å². The molecule has 0 N–H and O–H groups in total. The number of hydrazone groups is 1. The first-order valence-corrected chi connectivity index (χ1v) is 4.66. The SMILES string of the molecule is CCCC=NN(C)c1ccccc1. The third kappa shape index (κ3) is 3.28. The van der Waals surface area contributed by atoms with Gasteiger partial charge in [-0.3, -0.25) is 5.01 Å². The highest BCUT2D eigenvalue weighted by Crippen LogP contribution is 2.10. The van der Waals surface area contributed by atoms with E-state index in [0.717, 1.165) is 18.5 Å². The van der Waals surface area contributed by atoms with Crippen LogP contribution in [0.5, 0.6) is 0 Å². The van der Waals surface area contributed by atoms with Gasteiger partial charge in [-0.25, -0.2) is 0 Å². The molecule has 2 nitrogen and oxygen atoms in total. The van der Waals surface area contributed by atoms with E-state index in [1.54, 1.807) is 0 Å². The van der Waals surface area contributed by atoms with Gasteiger partial charge in [-0.2, -0.15) is 5.10 Å². The van der Waals surface area contributed by atoms with Crippen molar-refractivity contribution in [1.82, 2.24) is 0 Å². The molecule has 1 aromatic rings. The number of benzene rings is 1. The van der Waals surface area contributed by atoms with Gasteiger partial charge in [-0.05, 0) is 18.6 Å². The van der Waals surface area contributed by atoms with Crippen LogP contribution in [0.15, 0.2) is 35.4 Å². The summed E-state index contributed by atoms with van der Waals surface area (Å²) >= 11 is 0. The van der Waals surface area contributed by atoms with E-state index >= 15 is 0 Å². The van der Waals surface area contributed by atoms with E-state index in [1.165, 1.54) is 0 Å². The first kappa shape index (κ1) is 9.78. The van der Waals surface area contributed by atoms with Crippen LogP contribution in [0.4, 0.5) is 5.69 Å². The Bertz CT molecular complexity index is 254. The minimum atomic E-state index is 1.04. The Labute approximate surface area is 79.9 Å². The quantitative estimate of drug-likeness (QED) is 0.508. The zero-order chi connectivity index (χ0) is 9.52. The molecule has 2 heteroatoms. The van der Waals surface area contributed by atoms with Crippen molar-refractivity contribution in [2.75, 3.05) is 12.1 Å². The average Bonchev–Trinajstić information content (AvgIpc) is 2.19. The maximum atomic E-state index is 4.29. The van der Waals surface area contributed by atoms with E-state index in [9.17, 15) is 0 Å². The van der Waals surface area contributed by atoms with Gasteiger partial charge in [0.25, 0.3) is 0 Å². The topological polar surface area (TPSA) is 15.6 Å². The summed E-state index contributed by atoms with van der Waals surface area (Å²) in [6, 6.07) is 10.1. The van der Waals surface area contributed by atoms with Gasteiger partial charge >= 0.3 is 0 Å². The van der Waals surface area contributed by atoms with Crippen LogP contribution in [0.3, 0.4) is 0 Å². The summed E-state index contributed by atoms with van der Waals surface area (Å²) in [5.74, 6) is 0. The van der Waals surface area contributed by atoms with Gasteiger partial charge in [0.2, 0.25) is 0 Å². The standard InChI is InChI=1S/C11H16N2/c1-3-4-10-12-13(2)11-8-6-5-7-9-11/h5-10H,3-4H2,1-2H3. The molecule has 0 atom stereocenters. The largest absolute Gasteiger partial charge is 0.269 e. The number of unbranched alkanes of at least 4 members (excludes halogenated alkanes) is 1. The Morgan fingerprint density at radius 2 is 2.00 bits per heavy atom. The van der Waals surface area contributed by atoms with Crippen LogP contribution in [-0.4, -0.2) is 13.3 Å². The second kappa shape index (κ2) is 5.36. The molecule has 1 rings (SSSR count). The van der Waals surface area contributed by atoms with E-state index in [2.05, 4.69) is 12.0 Å². The molecule has 0 aromatic heterocycles. The zero-order valence-corrected chi connectivity index (χ0v) is 8.27. The normalized spacial score (nSPS) is 10.6. The molecule has 0 saturated carbocycles. The van der Waals surface area contributed by atoms with Crippen LogP contribution in [0, 0.1) is 0 Å². The van der Waals surface area contributed by atoms with Crippen molar-refractivity contribution < 1.29 is 0 Å². The fraction of sp³-hybridized carbons (Fsp3) is 0.364. The van der Waals surface area contributed by atoms with Crippen molar-refractivity contribution in [3.05, 3.63) is 30.3 Å². The smallest absolute Gasteiger partial charge is 0.0590 e. The Kier molecular flexibility index (Phi) is 4.03. The number of rotatable bonds is 4. The van der Waals surface area contributed by atoms with Gasteiger partial charge in [0.15, 0.2) is 0 Å². The second-order valence-electron chi connectivity index (χ2n) is 2.95. The van der Waals surface area contributed by atoms with E-state index in [4.69, 9.17) is 0 Å². The van der Waals surface area contributed by atoms with Crippen LogP contribution < -0.4 is 5.01 Å². The van der Waals surface area contributed by atoms with Crippen molar-refractivity contribution in [1.29, 1.82) is 0 Å². The highest BCUT2D eigenvalue weighted by molar-refractivity contribution is 5.59. The van der Waals surface area contributed by atoms with Gasteiger partial charge in [0.1, 0.15) is 0 Å². The Hall–Kier alpha value is -1.31. The first-order chi connectivity index (χ1) is 6.34. The van der Waals surface area contributed by atoms with Crippen LogP contribution in [0.1, 0.15) is 19.8 Å². The fourth-order valence-corrected chi connectivity index (χ4v) is 1.02. The van der Waals surface area contributed by atoms with E-state index in [-0.39, 0.29) is 0 Å². The lowest BCUT2D eigenvalue weighted by atomic mass is 10.3. The molecule has 13 heavy (non-hydrogen) atoms. The van der Waals surface area contributed by atoms with Crippen LogP contribution in [0.25, 0.3) is 0 Å². The zero-order valence-electron chi connectivity index (χ0n) is 8.27. The Morgan fingerprint density at radius 1 is 1.31 bits per heavy atom. The van der Waals surface area contributed by atoms with Crippen LogP contribution >= 0.6 is 0 Å². The number of hydrogen-bond donors (Lipinski definition) is 0. The molecule has 0 spiro atoms. The van der Waals surface area contributed by atoms with Gasteiger partial charge in [-0.15, -0.1) is 0 Å². The third-order valence-electron chi connectivity index (χ3n) is 1.80. The maximum absolute atomic E-state index is 4.29. The summed E-state index contributed by atoms with van der Waals surface area (Å²) in [5, 5.41) is 6.18. The minimum absolute atomic E-state index is 1.04.